The number of aromatic nitrogens is 4. The molecule has 0 fully saturated rings. The van der Waals surface area contributed by atoms with E-state index in [4.69, 9.17) is 5.26 Å². The van der Waals surface area contributed by atoms with Crippen LogP contribution in [-0.4, -0.2) is 26.4 Å². The third-order valence-corrected chi connectivity index (χ3v) is 4.01. The molecule has 0 aliphatic rings. The van der Waals surface area contributed by atoms with Crippen LogP contribution >= 0.6 is 0 Å². The molecule has 0 aliphatic carbocycles. The second-order valence-electron chi connectivity index (χ2n) is 5.76. The largest absolute Gasteiger partial charge is 0.360 e. The molecule has 0 aliphatic heterocycles. The smallest absolute Gasteiger partial charge is 0.216 e. The fraction of sp³-hybridized carbons (Fsp3) is 0.105. The molecule has 0 radical (unpaired) electrons. The van der Waals surface area contributed by atoms with Crippen molar-refractivity contribution >= 4 is 17.0 Å². The molecular weight excluding hydrogens is 328 g/mol. The monoisotopic (exact) mass is 344 g/mol. The van der Waals surface area contributed by atoms with Crippen LogP contribution in [0.15, 0.2) is 48.7 Å². The van der Waals surface area contributed by atoms with Gasteiger partial charge < -0.3 is 5.32 Å². The number of nitrogens with zero attached hydrogens (tertiary/aromatic N) is 4. The van der Waals surface area contributed by atoms with Crippen molar-refractivity contribution in [1.82, 2.24) is 20.6 Å². The first-order chi connectivity index (χ1) is 12.6. The molecule has 1 heterocycles. The number of carbonyl (C=O) groups excluding carboxylic acids is 1. The van der Waals surface area contributed by atoms with Crippen LogP contribution in [0.25, 0.3) is 5.57 Å². The lowest BCUT2D eigenvalue weighted by atomic mass is 9.99. The summed E-state index contributed by atoms with van der Waals surface area (Å²) >= 11 is 0. The van der Waals surface area contributed by atoms with Crippen LogP contribution in [-0.2, 0) is 0 Å². The number of allylic oxidation sites excluding steroid dienone is 1. The Morgan fingerprint density at radius 1 is 1.12 bits per heavy atom. The first kappa shape index (κ1) is 17.0. The van der Waals surface area contributed by atoms with Crippen molar-refractivity contribution < 1.29 is 4.79 Å². The van der Waals surface area contributed by atoms with E-state index in [9.17, 15) is 4.79 Å². The van der Waals surface area contributed by atoms with Crippen LogP contribution in [0.4, 0.5) is 5.69 Å². The standard InChI is InChI=1S/C19H16N6O/c1-12-3-4-15(9-13(12)2)18(26)14-5-7-17(8-6-14)21-11-16(10-20)19-22-24-25-23-19/h3-9,11,21H,1-2H3,(H,22,23,24,25). The van der Waals surface area contributed by atoms with E-state index in [0.29, 0.717) is 11.1 Å². The molecule has 0 atom stereocenters. The number of benzene rings is 2. The van der Waals surface area contributed by atoms with Crippen LogP contribution in [0.2, 0.25) is 0 Å². The Bertz CT molecular complexity index is 998. The molecule has 0 saturated carbocycles. The lowest BCUT2D eigenvalue weighted by Gasteiger charge is -2.06. The third kappa shape index (κ3) is 3.65. The van der Waals surface area contributed by atoms with E-state index >= 15 is 0 Å². The van der Waals surface area contributed by atoms with Gasteiger partial charge in [0.1, 0.15) is 11.6 Å². The molecule has 0 amide bonds. The van der Waals surface area contributed by atoms with Gasteiger partial charge in [0.2, 0.25) is 5.82 Å². The van der Waals surface area contributed by atoms with Crippen molar-refractivity contribution in [1.29, 1.82) is 5.26 Å². The maximum Gasteiger partial charge on any atom is 0.216 e. The zero-order chi connectivity index (χ0) is 18.5. The molecule has 2 N–H and O–H groups in total. The SMILES string of the molecule is Cc1ccc(C(=O)c2ccc(NC=C(C#N)c3nn[nH]n3)cc2)cc1C. The van der Waals surface area contributed by atoms with E-state index < -0.39 is 0 Å². The summed E-state index contributed by atoms with van der Waals surface area (Å²) in [5.74, 6) is 0.182. The van der Waals surface area contributed by atoms with E-state index in [1.807, 2.05) is 38.1 Å². The van der Waals surface area contributed by atoms with Gasteiger partial charge in [-0.3, -0.25) is 4.79 Å². The number of H-pyrrole nitrogens is 1. The van der Waals surface area contributed by atoms with Gasteiger partial charge in [0.15, 0.2) is 5.78 Å². The molecule has 3 rings (SSSR count). The van der Waals surface area contributed by atoms with Crippen molar-refractivity contribution in [2.45, 2.75) is 13.8 Å². The number of anilines is 1. The van der Waals surface area contributed by atoms with E-state index in [1.165, 1.54) is 6.20 Å². The van der Waals surface area contributed by atoms with Gasteiger partial charge in [-0.1, -0.05) is 12.1 Å². The summed E-state index contributed by atoms with van der Waals surface area (Å²) in [5, 5.41) is 25.4. The minimum atomic E-state index is -0.0281. The van der Waals surface area contributed by atoms with Gasteiger partial charge in [0.05, 0.1) is 0 Å². The number of tetrazole rings is 1. The summed E-state index contributed by atoms with van der Waals surface area (Å²) < 4.78 is 0. The van der Waals surface area contributed by atoms with Crippen molar-refractivity contribution in [2.24, 2.45) is 0 Å². The predicted octanol–water partition coefficient (Wildman–Crippen LogP) is 3.02. The molecule has 7 heteroatoms. The molecule has 0 spiro atoms. The second kappa shape index (κ2) is 7.40. The van der Waals surface area contributed by atoms with Gasteiger partial charge >= 0.3 is 0 Å². The zero-order valence-electron chi connectivity index (χ0n) is 14.3. The zero-order valence-corrected chi connectivity index (χ0v) is 14.3. The van der Waals surface area contributed by atoms with Crippen LogP contribution in [0.5, 0.6) is 0 Å². The maximum absolute atomic E-state index is 12.6. The van der Waals surface area contributed by atoms with E-state index in [1.54, 1.807) is 24.3 Å². The molecule has 0 unspecified atom stereocenters. The minimum Gasteiger partial charge on any atom is -0.360 e. The highest BCUT2D eigenvalue weighted by atomic mass is 16.1. The molecule has 2 aromatic carbocycles. The third-order valence-electron chi connectivity index (χ3n) is 4.01. The number of nitriles is 1. The Balaban J connectivity index is 1.75. The first-order valence-corrected chi connectivity index (χ1v) is 7.91. The Morgan fingerprint density at radius 3 is 2.46 bits per heavy atom. The summed E-state index contributed by atoms with van der Waals surface area (Å²) in [6.45, 7) is 4.00. The molecule has 0 bridgehead atoms. The molecule has 3 aromatic rings. The average molecular weight is 344 g/mol. The Labute approximate surface area is 150 Å². The normalized spacial score (nSPS) is 11.0. The Hall–Kier alpha value is -3.79. The van der Waals surface area contributed by atoms with Gasteiger partial charge in [0, 0.05) is 23.0 Å². The summed E-state index contributed by atoms with van der Waals surface area (Å²) in [7, 11) is 0. The topological polar surface area (TPSA) is 107 Å². The second-order valence-corrected chi connectivity index (χ2v) is 5.76. The maximum atomic E-state index is 12.6. The summed E-state index contributed by atoms with van der Waals surface area (Å²) in [6.07, 6.45) is 1.49. The highest BCUT2D eigenvalue weighted by Crippen LogP contribution is 2.17. The summed E-state index contributed by atoms with van der Waals surface area (Å²) in [4.78, 5) is 12.6. The Kier molecular flexibility index (Phi) is 4.85. The molecule has 128 valence electrons. The van der Waals surface area contributed by atoms with E-state index in [-0.39, 0.29) is 17.2 Å². The van der Waals surface area contributed by atoms with Gasteiger partial charge in [0.25, 0.3) is 0 Å². The molecule has 1 aromatic heterocycles. The highest BCUT2D eigenvalue weighted by Gasteiger charge is 2.10. The van der Waals surface area contributed by atoms with Crippen LogP contribution in [0, 0.1) is 25.2 Å². The number of hydrogen-bond acceptors (Lipinski definition) is 6. The summed E-state index contributed by atoms with van der Waals surface area (Å²) in [6, 6.07) is 14.7. The highest BCUT2D eigenvalue weighted by molar-refractivity contribution is 6.09. The first-order valence-electron chi connectivity index (χ1n) is 7.91. The van der Waals surface area contributed by atoms with E-state index in [2.05, 4.69) is 25.9 Å². The van der Waals surface area contributed by atoms with Gasteiger partial charge in [-0.25, -0.2) is 0 Å². The number of aryl methyl sites for hydroxylation is 2. The van der Waals surface area contributed by atoms with Gasteiger partial charge in [-0.05, 0) is 60.5 Å². The predicted molar refractivity (Wildman–Crippen MR) is 97.2 cm³/mol. The summed E-state index contributed by atoms with van der Waals surface area (Å²) in [5.41, 5.74) is 4.48. The minimum absolute atomic E-state index is 0.0281. The molecule has 0 saturated heterocycles. The number of hydrogen-bond donors (Lipinski definition) is 2. The van der Waals surface area contributed by atoms with Crippen molar-refractivity contribution in [2.75, 3.05) is 5.32 Å². The number of aromatic amines is 1. The number of rotatable bonds is 5. The molecular formula is C19H16N6O. The van der Waals surface area contributed by atoms with Crippen molar-refractivity contribution in [3.8, 4) is 6.07 Å². The van der Waals surface area contributed by atoms with E-state index in [0.717, 1.165) is 16.8 Å². The molecule has 26 heavy (non-hydrogen) atoms. The van der Waals surface area contributed by atoms with Crippen LogP contribution in [0.3, 0.4) is 0 Å². The lowest BCUT2D eigenvalue weighted by Crippen LogP contribution is -2.02. The average Bonchev–Trinajstić information content (AvgIpc) is 3.19. The Morgan fingerprint density at radius 2 is 1.85 bits per heavy atom. The lowest BCUT2D eigenvalue weighted by molar-refractivity contribution is 0.103. The fourth-order valence-electron chi connectivity index (χ4n) is 2.35. The van der Waals surface area contributed by atoms with Crippen molar-refractivity contribution in [3.63, 3.8) is 0 Å². The van der Waals surface area contributed by atoms with Crippen molar-refractivity contribution in [3.05, 3.63) is 76.7 Å². The number of ketones is 1. The number of nitrogens with one attached hydrogen (secondary N) is 2. The fourth-order valence-corrected chi connectivity index (χ4v) is 2.35. The quantitative estimate of drug-likeness (QED) is 0.544. The molecule has 7 nitrogen and oxygen atoms in total. The van der Waals surface area contributed by atoms with Crippen LogP contribution < -0.4 is 5.32 Å². The van der Waals surface area contributed by atoms with Gasteiger partial charge in [-0.15, -0.1) is 10.2 Å². The van der Waals surface area contributed by atoms with Gasteiger partial charge in [-0.2, -0.15) is 10.5 Å². The van der Waals surface area contributed by atoms with Crippen LogP contribution in [0.1, 0.15) is 32.9 Å². The number of carbonyl (C=O) groups is 1.